The van der Waals surface area contributed by atoms with E-state index in [-0.39, 0.29) is 0 Å². The number of hydrogen-bond donors (Lipinski definition) is 0. The maximum atomic E-state index is 10.3. The standard InChI is InChI=1S/C17H17NO2/c1-2-3-14-6-10-16(18-12-14)15-8-4-13(5-9-15)7-11-17(19)20/h4-12H,2-3H2,1H3,(H,19,20)/p-1/b11-7+. The lowest BCUT2D eigenvalue weighted by Crippen LogP contribution is -2.18. The molecule has 0 fully saturated rings. The fraction of sp³-hybridized carbons (Fsp3) is 0.176. The van der Waals surface area contributed by atoms with Crippen molar-refractivity contribution in [3.05, 3.63) is 59.8 Å². The van der Waals surface area contributed by atoms with Crippen LogP contribution in [-0.4, -0.2) is 11.0 Å². The van der Waals surface area contributed by atoms with Crippen LogP contribution in [0.3, 0.4) is 0 Å². The molecule has 2 aromatic rings. The predicted octanol–water partition coefficient (Wildman–Crippen LogP) is 2.46. The number of hydrogen-bond acceptors (Lipinski definition) is 3. The van der Waals surface area contributed by atoms with Crippen LogP contribution in [0.5, 0.6) is 0 Å². The number of carboxylic acids is 1. The highest BCUT2D eigenvalue weighted by molar-refractivity contribution is 5.83. The zero-order chi connectivity index (χ0) is 14.4. The summed E-state index contributed by atoms with van der Waals surface area (Å²) in [6.45, 7) is 2.15. The molecule has 1 aromatic heterocycles. The molecule has 3 nitrogen and oxygen atoms in total. The third-order valence-corrected chi connectivity index (χ3v) is 2.98. The second-order valence-electron chi connectivity index (χ2n) is 4.58. The molecule has 0 aliphatic heterocycles. The van der Waals surface area contributed by atoms with Crippen molar-refractivity contribution < 1.29 is 9.90 Å². The van der Waals surface area contributed by atoms with Gasteiger partial charge in [0, 0.05) is 11.8 Å². The highest BCUT2D eigenvalue weighted by Gasteiger charge is 1.99. The average Bonchev–Trinajstić information content (AvgIpc) is 2.47. The van der Waals surface area contributed by atoms with Crippen molar-refractivity contribution in [3.8, 4) is 11.3 Å². The van der Waals surface area contributed by atoms with Gasteiger partial charge in [-0.15, -0.1) is 0 Å². The van der Waals surface area contributed by atoms with Crippen LogP contribution in [0.15, 0.2) is 48.7 Å². The first-order valence-corrected chi connectivity index (χ1v) is 6.63. The first-order chi connectivity index (χ1) is 9.69. The number of benzene rings is 1. The van der Waals surface area contributed by atoms with Crippen molar-refractivity contribution in [1.82, 2.24) is 4.98 Å². The molecule has 1 heterocycles. The van der Waals surface area contributed by atoms with E-state index in [2.05, 4.69) is 18.0 Å². The molecule has 0 saturated carbocycles. The number of aliphatic carboxylic acids is 1. The topological polar surface area (TPSA) is 53.0 Å². The molecular formula is C17H16NO2-. The number of rotatable bonds is 5. The molecule has 0 N–H and O–H groups in total. The zero-order valence-electron chi connectivity index (χ0n) is 11.4. The normalized spacial score (nSPS) is 10.8. The number of carboxylic acid groups (broad SMARTS) is 1. The van der Waals surface area contributed by atoms with Crippen LogP contribution in [0.1, 0.15) is 24.5 Å². The van der Waals surface area contributed by atoms with Gasteiger partial charge in [0.05, 0.1) is 11.7 Å². The lowest BCUT2D eigenvalue weighted by Gasteiger charge is -2.03. The van der Waals surface area contributed by atoms with Gasteiger partial charge in [0.15, 0.2) is 0 Å². The molecule has 20 heavy (non-hydrogen) atoms. The Hall–Kier alpha value is -2.42. The maximum absolute atomic E-state index is 10.3. The van der Waals surface area contributed by atoms with Gasteiger partial charge in [0.25, 0.3) is 0 Å². The van der Waals surface area contributed by atoms with Gasteiger partial charge in [-0.05, 0) is 29.7 Å². The van der Waals surface area contributed by atoms with Crippen LogP contribution in [0.25, 0.3) is 17.3 Å². The van der Waals surface area contributed by atoms with E-state index in [1.165, 1.54) is 11.6 Å². The van der Waals surface area contributed by atoms with Gasteiger partial charge in [0.1, 0.15) is 0 Å². The molecule has 2 rings (SSSR count). The number of aromatic nitrogens is 1. The van der Waals surface area contributed by atoms with Crippen LogP contribution in [0.2, 0.25) is 0 Å². The summed E-state index contributed by atoms with van der Waals surface area (Å²) in [5.41, 5.74) is 3.99. The van der Waals surface area contributed by atoms with E-state index < -0.39 is 5.97 Å². The van der Waals surface area contributed by atoms with Crippen LogP contribution < -0.4 is 5.11 Å². The largest absolute Gasteiger partial charge is 0.545 e. The summed E-state index contributed by atoms with van der Waals surface area (Å²) in [5, 5.41) is 10.3. The fourth-order valence-corrected chi connectivity index (χ4v) is 1.96. The van der Waals surface area contributed by atoms with Gasteiger partial charge in [-0.3, -0.25) is 4.98 Å². The molecule has 3 heteroatoms. The number of carbonyl (C=O) groups is 1. The summed E-state index contributed by atoms with van der Waals surface area (Å²) in [6, 6.07) is 11.7. The van der Waals surface area contributed by atoms with Gasteiger partial charge in [-0.25, -0.2) is 0 Å². The lowest BCUT2D eigenvalue weighted by atomic mass is 10.1. The summed E-state index contributed by atoms with van der Waals surface area (Å²) in [7, 11) is 0. The van der Waals surface area contributed by atoms with Gasteiger partial charge in [-0.2, -0.15) is 0 Å². The van der Waals surface area contributed by atoms with E-state index in [4.69, 9.17) is 0 Å². The third kappa shape index (κ3) is 3.79. The van der Waals surface area contributed by atoms with E-state index in [1.54, 1.807) is 0 Å². The highest BCUT2D eigenvalue weighted by atomic mass is 16.4. The molecule has 102 valence electrons. The molecule has 0 amide bonds. The molecular weight excluding hydrogens is 250 g/mol. The highest BCUT2D eigenvalue weighted by Crippen LogP contribution is 2.18. The second kappa shape index (κ2) is 6.66. The van der Waals surface area contributed by atoms with Gasteiger partial charge in [-0.1, -0.05) is 49.8 Å². The molecule has 0 atom stereocenters. The van der Waals surface area contributed by atoms with Gasteiger partial charge in [0.2, 0.25) is 0 Å². The van der Waals surface area contributed by atoms with Gasteiger partial charge < -0.3 is 9.90 Å². The van der Waals surface area contributed by atoms with Crippen LogP contribution in [0.4, 0.5) is 0 Å². The summed E-state index contributed by atoms with van der Waals surface area (Å²) >= 11 is 0. The van der Waals surface area contributed by atoms with Crippen LogP contribution in [0, 0.1) is 0 Å². The smallest absolute Gasteiger partial charge is 0.0702 e. The Kier molecular flexibility index (Phi) is 4.66. The number of nitrogens with zero attached hydrogens (tertiary/aromatic N) is 1. The van der Waals surface area contributed by atoms with E-state index in [0.29, 0.717) is 0 Å². The monoisotopic (exact) mass is 266 g/mol. The Morgan fingerprint density at radius 3 is 2.50 bits per heavy atom. The molecule has 1 aromatic carbocycles. The van der Waals surface area contributed by atoms with Crippen LogP contribution >= 0.6 is 0 Å². The molecule has 0 bridgehead atoms. The Labute approximate surface area is 118 Å². The summed E-state index contributed by atoms with van der Waals surface area (Å²) in [4.78, 5) is 14.8. The first kappa shape index (κ1) is 14.0. The SMILES string of the molecule is CCCc1ccc(-c2ccc(/C=C/C(=O)[O-])cc2)nc1. The van der Waals surface area contributed by atoms with Crippen molar-refractivity contribution in [2.45, 2.75) is 19.8 Å². The van der Waals surface area contributed by atoms with E-state index in [1.807, 2.05) is 36.5 Å². The Morgan fingerprint density at radius 2 is 1.95 bits per heavy atom. The Morgan fingerprint density at radius 1 is 1.20 bits per heavy atom. The lowest BCUT2D eigenvalue weighted by molar-refractivity contribution is -0.297. The number of pyridine rings is 1. The molecule has 0 radical (unpaired) electrons. The minimum atomic E-state index is -1.19. The molecule has 0 aliphatic carbocycles. The summed E-state index contributed by atoms with van der Waals surface area (Å²) in [5.74, 6) is -1.19. The number of carbonyl (C=O) groups excluding carboxylic acids is 1. The van der Waals surface area contributed by atoms with Crippen molar-refractivity contribution in [3.63, 3.8) is 0 Å². The molecule has 0 aliphatic rings. The summed E-state index contributed by atoms with van der Waals surface area (Å²) in [6.07, 6.45) is 6.59. The van der Waals surface area contributed by atoms with Crippen molar-refractivity contribution in [2.75, 3.05) is 0 Å². The zero-order valence-corrected chi connectivity index (χ0v) is 11.4. The Bertz CT molecular complexity index is 598. The molecule has 0 unspecified atom stereocenters. The summed E-state index contributed by atoms with van der Waals surface area (Å²) < 4.78 is 0. The molecule has 0 saturated heterocycles. The third-order valence-electron chi connectivity index (χ3n) is 2.98. The minimum Gasteiger partial charge on any atom is -0.545 e. The van der Waals surface area contributed by atoms with E-state index in [9.17, 15) is 9.90 Å². The number of aryl methyl sites for hydroxylation is 1. The second-order valence-corrected chi connectivity index (χ2v) is 4.58. The Balaban J connectivity index is 2.15. The first-order valence-electron chi connectivity index (χ1n) is 6.63. The van der Waals surface area contributed by atoms with E-state index in [0.717, 1.165) is 35.7 Å². The van der Waals surface area contributed by atoms with Crippen LogP contribution in [-0.2, 0) is 11.2 Å². The fourth-order valence-electron chi connectivity index (χ4n) is 1.96. The van der Waals surface area contributed by atoms with E-state index >= 15 is 0 Å². The quantitative estimate of drug-likeness (QED) is 0.781. The predicted molar refractivity (Wildman–Crippen MR) is 77.7 cm³/mol. The van der Waals surface area contributed by atoms with Crippen molar-refractivity contribution in [1.29, 1.82) is 0 Å². The van der Waals surface area contributed by atoms with Gasteiger partial charge >= 0.3 is 0 Å². The van der Waals surface area contributed by atoms with Crippen molar-refractivity contribution in [2.24, 2.45) is 0 Å². The maximum Gasteiger partial charge on any atom is 0.0702 e. The molecule has 0 spiro atoms. The average molecular weight is 266 g/mol. The van der Waals surface area contributed by atoms with Crippen molar-refractivity contribution >= 4 is 12.0 Å². The minimum absolute atomic E-state index is 0.820.